The zero-order valence-corrected chi connectivity index (χ0v) is 8.34. The van der Waals surface area contributed by atoms with Crippen LogP contribution in [0.5, 0.6) is 0 Å². The van der Waals surface area contributed by atoms with E-state index in [1.807, 2.05) is 6.92 Å². The van der Waals surface area contributed by atoms with Crippen molar-refractivity contribution < 1.29 is 9.53 Å². The van der Waals surface area contributed by atoms with Gasteiger partial charge in [0, 0.05) is 12.5 Å². The van der Waals surface area contributed by atoms with Gasteiger partial charge in [-0.15, -0.1) is 0 Å². The summed E-state index contributed by atoms with van der Waals surface area (Å²) in [5.74, 6) is 0.761. The maximum Gasteiger partial charge on any atom is 0.167 e. The third-order valence-corrected chi connectivity index (χ3v) is 3.23. The second-order valence-corrected chi connectivity index (χ2v) is 4.27. The molecule has 0 saturated heterocycles. The molecule has 0 unspecified atom stereocenters. The fourth-order valence-corrected chi connectivity index (χ4v) is 2.40. The molecule has 0 aromatic heterocycles. The van der Waals surface area contributed by atoms with Crippen LogP contribution in [0.2, 0.25) is 0 Å². The molecule has 0 radical (unpaired) electrons. The van der Waals surface area contributed by atoms with Crippen LogP contribution in [0.1, 0.15) is 45.4 Å². The zero-order valence-electron chi connectivity index (χ0n) is 8.34. The van der Waals surface area contributed by atoms with E-state index < -0.39 is 0 Å². The fraction of sp³-hybridized carbons (Fsp3) is 0.909. The Balaban J connectivity index is 2.06. The smallest absolute Gasteiger partial charge is 0.167 e. The average molecular weight is 182 g/mol. The van der Waals surface area contributed by atoms with Gasteiger partial charge in [-0.3, -0.25) is 4.79 Å². The molecule has 0 heterocycles. The lowest BCUT2D eigenvalue weighted by Crippen LogP contribution is -2.39. The molecule has 2 aliphatic rings. The van der Waals surface area contributed by atoms with Gasteiger partial charge in [-0.1, -0.05) is 0 Å². The third-order valence-electron chi connectivity index (χ3n) is 3.23. The molecule has 0 bridgehead atoms. The molecular formula is C11H18O2. The van der Waals surface area contributed by atoms with E-state index in [1.54, 1.807) is 0 Å². The van der Waals surface area contributed by atoms with Gasteiger partial charge in [-0.25, -0.2) is 0 Å². The highest BCUT2D eigenvalue weighted by atomic mass is 16.5. The van der Waals surface area contributed by atoms with Gasteiger partial charge in [0.25, 0.3) is 0 Å². The highest BCUT2D eigenvalue weighted by molar-refractivity contribution is 5.91. The Labute approximate surface area is 79.7 Å². The topological polar surface area (TPSA) is 26.3 Å². The van der Waals surface area contributed by atoms with Crippen LogP contribution in [-0.4, -0.2) is 18.0 Å². The zero-order chi connectivity index (χ0) is 9.31. The van der Waals surface area contributed by atoms with Crippen molar-refractivity contribution in [2.45, 2.75) is 51.0 Å². The summed E-state index contributed by atoms with van der Waals surface area (Å²) < 4.78 is 5.70. The van der Waals surface area contributed by atoms with Crippen molar-refractivity contribution in [2.24, 2.45) is 5.92 Å². The predicted molar refractivity (Wildman–Crippen MR) is 50.6 cm³/mol. The summed E-state index contributed by atoms with van der Waals surface area (Å²) in [5.41, 5.74) is -0.351. The molecule has 13 heavy (non-hydrogen) atoms. The van der Waals surface area contributed by atoms with Crippen molar-refractivity contribution in [3.8, 4) is 0 Å². The Hall–Kier alpha value is -0.370. The molecule has 0 N–H and O–H groups in total. The molecule has 2 saturated carbocycles. The summed E-state index contributed by atoms with van der Waals surface area (Å²) in [5, 5.41) is 0. The van der Waals surface area contributed by atoms with Crippen LogP contribution in [-0.2, 0) is 9.53 Å². The number of rotatable bonds is 4. The Morgan fingerprint density at radius 3 is 2.46 bits per heavy atom. The predicted octanol–water partition coefficient (Wildman–Crippen LogP) is 2.31. The number of hydrogen-bond donors (Lipinski definition) is 0. The van der Waals surface area contributed by atoms with Crippen molar-refractivity contribution in [3.63, 3.8) is 0 Å². The van der Waals surface area contributed by atoms with Gasteiger partial charge in [0.05, 0.1) is 0 Å². The van der Waals surface area contributed by atoms with Crippen LogP contribution in [0.25, 0.3) is 0 Å². The first-order chi connectivity index (χ1) is 6.28. The molecule has 0 atom stereocenters. The van der Waals surface area contributed by atoms with Crippen molar-refractivity contribution in [3.05, 3.63) is 0 Å². The van der Waals surface area contributed by atoms with Crippen molar-refractivity contribution in [2.75, 3.05) is 6.61 Å². The first-order valence-electron chi connectivity index (χ1n) is 5.47. The summed E-state index contributed by atoms with van der Waals surface area (Å²) in [6, 6.07) is 0. The molecule has 2 heteroatoms. The highest BCUT2D eigenvalue weighted by Crippen LogP contribution is 2.42. The molecule has 2 aliphatic carbocycles. The van der Waals surface area contributed by atoms with Crippen molar-refractivity contribution in [1.29, 1.82) is 0 Å². The Morgan fingerprint density at radius 2 is 2.00 bits per heavy atom. The van der Waals surface area contributed by atoms with Gasteiger partial charge in [0.15, 0.2) is 5.78 Å². The maximum absolute atomic E-state index is 12.0. The molecule has 0 spiro atoms. The van der Waals surface area contributed by atoms with Gasteiger partial charge in [0.1, 0.15) is 5.60 Å². The quantitative estimate of drug-likeness (QED) is 0.667. The Morgan fingerprint density at radius 1 is 1.38 bits per heavy atom. The second-order valence-electron chi connectivity index (χ2n) is 4.27. The van der Waals surface area contributed by atoms with Crippen LogP contribution < -0.4 is 0 Å². The van der Waals surface area contributed by atoms with E-state index >= 15 is 0 Å². The van der Waals surface area contributed by atoms with E-state index in [1.165, 1.54) is 12.8 Å². The highest BCUT2D eigenvalue weighted by Gasteiger charge is 2.47. The van der Waals surface area contributed by atoms with E-state index in [2.05, 4.69) is 0 Å². The van der Waals surface area contributed by atoms with Crippen LogP contribution in [0.4, 0.5) is 0 Å². The number of Topliss-reactive ketones (excluding diaryl/α,β-unsaturated/α-hetero) is 1. The third kappa shape index (κ3) is 1.64. The monoisotopic (exact) mass is 182 g/mol. The van der Waals surface area contributed by atoms with E-state index in [0.29, 0.717) is 18.3 Å². The van der Waals surface area contributed by atoms with Gasteiger partial charge in [-0.2, -0.15) is 0 Å². The van der Waals surface area contributed by atoms with E-state index in [4.69, 9.17) is 4.74 Å². The van der Waals surface area contributed by atoms with Crippen LogP contribution >= 0.6 is 0 Å². The lowest BCUT2D eigenvalue weighted by atomic mass is 9.93. The van der Waals surface area contributed by atoms with E-state index in [-0.39, 0.29) is 5.60 Å². The SMILES string of the molecule is CCOC1(C(=O)C2CC2)CCCC1. The van der Waals surface area contributed by atoms with Crippen LogP contribution in [0, 0.1) is 5.92 Å². The van der Waals surface area contributed by atoms with Gasteiger partial charge in [0.2, 0.25) is 0 Å². The largest absolute Gasteiger partial charge is 0.367 e. The Bertz CT molecular complexity index is 200. The van der Waals surface area contributed by atoms with Crippen LogP contribution in [0.15, 0.2) is 0 Å². The minimum absolute atomic E-state index is 0.351. The number of carbonyl (C=O) groups excluding carboxylic acids is 1. The number of carbonyl (C=O) groups is 1. The molecule has 0 aromatic rings. The number of ether oxygens (including phenoxy) is 1. The molecule has 2 fully saturated rings. The minimum Gasteiger partial charge on any atom is -0.367 e. The van der Waals surface area contributed by atoms with Gasteiger partial charge in [-0.05, 0) is 45.4 Å². The summed E-state index contributed by atoms with van der Waals surface area (Å²) >= 11 is 0. The van der Waals surface area contributed by atoms with Crippen molar-refractivity contribution >= 4 is 5.78 Å². The molecule has 74 valence electrons. The molecule has 0 amide bonds. The molecule has 0 aliphatic heterocycles. The summed E-state index contributed by atoms with van der Waals surface area (Å²) in [7, 11) is 0. The standard InChI is InChI=1S/C11H18O2/c1-2-13-11(7-3-4-8-11)10(12)9-5-6-9/h9H,2-8H2,1H3. The van der Waals surface area contributed by atoms with E-state index in [0.717, 1.165) is 25.7 Å². The minimum atomic E-state index is -0.351. The maximum atomic E-state index is 12.0. The molecular weight excluding hydrogens is 164 g/mol. The lowest BCUT2D eigenvalue weighted by Gasteiger charge is -2.27. The number of ketones is 1. The fourth-order valence-electron chi connectivity index (χ4n) is 2.40. The molecule has 2 nitrogen and oxygen atoms in total. The normalized spacial score (nSPS) is 26.2. The summed E-state index contributed by atoms with van der Waals surface area (Å²) in [6.45, 7) is 2.67. The summed E-state index contributed by atoms with van der Waals surface area (Å²) in [6.07, 6.45) is 6.48. The first-order valence-corrected chi connectivity index (χ1v) is 5.47. The molecule has 0 aromatic carbocycles. The number of hydrogen-bond acceptors (Lipinski definition) is 2. The van der Waals surface area contributed by atoms with Crippen molar-refractivity contribution in [1.82, 2.24) is 0 Å². The van der Waals surface area contributed by atoms with E-state index in [9.17, 15) is 4.79 Å². The molecule has 2 rings (SSSR count). The first kappa shape index (κ1) is 9.20. The summed E-state index contributed by atoms with van der Waals surface area (Å²) in [4.78, 5) is 12.0. The average Bonchev–Trinajstić information content (AvgIpc) is 2.87. The Kier molecular flexibility index (Phi) is 2.41. The second kappa shape index (κ2) is 3.41. The lowest BCUT2D eigenvalue weighted by molar-refractivity contribution is -0.144. The van der Waals surface area contributed by atoms with Crippen LogP contribution in [0.3, 0.4) is 0 Å². The van der Waals surface area contributed by atoms with Gasteiger partial charge < -0.3 is 4.74 Å². The van der Waals surface area contributed by atoms with Gasteiger partial charge >= 0.3 is 0 Å².